The quantitative estimate of drug-likeness (QED) is 0.735. The van der Waals surface area contributed by atoms with Gasteiger partial charge in [-0.2, -0.15) is 0 Å². The number of hydrogen-bond acceptors (Lipinski definition) is 4. The standard InChI is InChI=1S/C23H28N2O4/c1-22(2,3)16-10-12-19(13-11-16)29-15-18(26)14-25-20(27)23(4,24-21(25)28)17-8-6-5-7-9-17/h5-13,18,26H,14-15H2,1-4H3,(H,24,28)/t18-,23+/m1/s1. The van der Waals surface area contributed by atoms with Crippen LogP contribution < -0.4 is 10.1 Å². The van der Waals surface area contributed by atoms with Gasteiger partial charge in [-0.25, -0.2) is 4.79 Å². The van der Waals surface area contributed by atoms with Crippen molar-refractivity contribution < 1.29 is 19.4 Å². The summed E-state index contributed by atoms with van der Waals surface area (Å²) >= 11 is 0. The van der Waals surface area contributed by atoms with Crippen molar-refractivity contribution in [2.24, 2.45) is 0 Å². The van der Waals surface area contributed by atoms with E-state index in [1.807, 2.05) is 42.5 Å². The molecule has 1 aliphatic rings. The van der Waals surface area contributed by atoms with Crippen LogP contribution in [-0.2, 0) is 15.7 Å². The molecule has 154 valence electrons. The number of nitrogens with one attached hydrogen (secondary N) is 1. The average Bonchev–Trinajstić information content (AvgIpc) is 2.91. The molecule has 29 heavy (non-hydrogen) atoms. The Morgan fingerprint density at radius 1 is 1.07 bits per heavy atom. The first-order chi connectivity index (χ1) is 13.6. The Morgan fingerprint density at radius 2 is 1.69 bits per heavy atom. The minimum absolute atomic E-state index is 0.0199. The van der Waals surface area contributed by atoms with Crippen molar-refractivity contribution in [1.82, 2.24) is 10.2 Å². The lowest BCUT2D eigenvalue weighted by atomic mass is 9.87. The summed E-state index contributed by atoms with van der Waals surface area (Å²) in [6.45, 7) is 7.92. The summed E-state index contributed by atoms with van der Waals surface area (Å²) in [5, 5.41) is 13.1. The van der Waals surface area contributed by atoms with Gasteiger partial charge in [0.2, 0.25) is 0 Å². The number of hydrogen-bond donors (Lipinski definition) is 2. The second-order valence-corrected chi connectivity index (χ2v) is 8.58. The normalized spacial score (nSPS) is 20.5. The molecule has 0 spiro atoms. The van der Waals surface area contributed by atoms with E-state index in [1.54, 1.807) is 19.1 Å². The molecule has 0 unspecified atom stereocenters. The number of imide groups is 1. The van der Waals surface area contributed by atoms with Crippen molar-refractivity contribution >= 4 is 11.9 Å². The van der Waals surface area contributed by atoms with E-state index < -0.39 is 17.7 Å². The zero-order valence-corrected chi connectivity index (χ0v) is 17.3. The Labute approximate surface area is 171 Å². The predicted molar refractivity (Wildman–Crippen MR) is 111 cm³/mol. The van der Waals surface area contributed by atoms with E-state index in [-0.39, 0.29) is 24.5 Å². The van der Waals surface area contributed by atoms with Crippen molar-refractivity contribution in [2.45, 2.75) is 44.8 Å². The molecule has 0 aliphatic carbocycles. The molecule has 2 aromatic carbocycles. The Hall–Kier alpha value is -2.86. The highest BCUT2D eigenvalue weighted by Crippen LogP contribution is 2.29. The summed E-state index contributed by atoms with van der Waals surface area (Å²) in [6, 6.07) is 16.2. The predicted octanol–water partition coefficient (Wildman–Crippen LogP) is 3.19. The molecule has 0 radical (unpaired) electrons. The van der Waals surface area contributed by atoms with E-state index in [1.165, 1.54) is 5.56 Å². The molecule has 1 saturated heterocycles. The van der Waals surface area contributed by atoms with Gasteiger partial charge in [0, 0.05) is 0 Å². The number of aliphatic hydroxyl groups excluding tert-OH is 1. The lowest BCUT2D eigenvalue weighted by Gasteiger charge is -2.23. The van der Waals surface area contributed by atoms with Crippen LogP contribution in [0.4, 0.5) is 4.79 Å². The highest BCUT2D eigenvalue weighted by molar-refractivity contribution is 6.07. The molecule has 3 amide bonds. The van der Waals surface area contributed by atoms with E-state index in [2.05, 4.69) is 26.1 Å². The topological polar surface area (TPSA) is 78.9 Å². The maximum atomic E-state index is 12.9. The Kier molecular flexibility index (Phi) is 5.66. The van der Waals surface area contributed by atoms with Gasteiger partial charge < -0.3 is 15.2 Å². The smallest absolute Gasteiger partial charge is 0.325 e. The summed E-state index contributed by atoms with van der Waals surface area (Å²) in [6.07, 6.45) is -0.995. The molecular weight excluding hydrogens is 368 g/mol. The first-order valence-corrected chi connectivity index (χ1v) is 9.72. The Bertz CT molecular complexity index is 874. The van der Waals surface area contributed by atoms with Crippen LogP contribution in [0.15, 0.2) is 54.6 Å². The van der Waals surface area contributed by atoms with Crippen LogP contribution in [0.1, 0.15) is 38.8 Å². The number of rotatable bonds is 6. The molecule has 2 aromatic rings. The number of amides is 3. The first-order valence-electron chi connectivity index (χ1n) is 9.72. The fourth-order valence-corrected chi connectivity index (χ4v) is 3.34. The molecule has 2 atom stereocenters. The molecule has 2 N–H and O–H groups in total. The number of β-amino-alcohol motifs (C(OH)–C–C–N with tert-alkyl or cyclic N) is 1. The fourth-order valence-electron chi connectivity index (χ4n) is 3.34. The molecule has 6 nitrogen and oxygen atoms in total. The van der Waals surface area contributed by atoms with Gasteiger partial charge in [-0.15, -0.1) is 0 Å². The van der Waals surface area contributed by atoms with Gasteiger partial charge in [0.15, 0.2) is 0 Å². The van der Waals surface area contributed by atoms with E-state index in [9.17, 15) is 14.7 Å². The monoisotopic (exact) mass is 396 g/mol. The first kappa shape index (κ1) is 20.9. The van der Waals surface area contributed by atoms with Crippen LogP contribution in [0.5, 0.6) is 5.75 Å². The van der Waals surface area contributed by atoms with Crippen LogP contribution in [0, 0.1) is 0 Å². The average molecular weight is 396 g/mol. The van der Waals surface area contributed by atoms with Gasteiger partial charge in [-0.1, -0.05) is 63.2 Å². The zero-order chi connectivity index (χ0) is 21.2. The number of aliphatic hydroxyl groups is 1. The minimum atomic E-state index is -1.14. The van der Waals surface area contributed by atoms with Crippen molar-refractivity contribution in [3.63, 3.8) is 0 Å². The molecule has 0 bridgehead atoms. The molecule has 1 heterocycles. The molecule has 6 heteroatoms. The van der Waals surface area contributed by atoms with Crippen LogP contribution in [0.2, 0.25) is 0 Å². The summed E-state index contributed by atoms with van der Waals surface area (Å²) in [5.41, 5.74) is 0.796. The van der Waals surface area contributed by atoms with Gasteiger partial charge in [0.05, 0.1) is 6.54 Å². The third-order valence-corrected chi connectivity index (χ3v) is 5.18. The molecule has 0 aromatic heterocycles. The SMILES string of the molecule is CC(C)(C)c1ccc(OC[C@H](O)CN2C(=O)N[C@@](C)(c3ccccc3)C2=O)cc1. The highest BCUT2D eigenvalue weighted by Gasteiger charge is 2.49. The molecule has 1 aliphatic heterocycles. The van der Waals surface area contributed by atoms with Crippen molar-refractivity contribution in [3.05, 3.63) is 65.7 Å². The van der Waals surface area contributed by atoms with Crippen molar-refractivity contribution in [1.29, 1.82) is 0 Å². The summed E-state index contributed by atoms with van der Waals surface area (Å²) in [7, 11) is 0. The van der Waals surface area contributed by atoms with Crippen LogP contribution >= 0.6 is 0 Å². The summed E-state index contributed by atoms with van der Waals surface area (Å²) in [4.78, 5) is 26.3. The number of urea groups is 1. The number of benzene rings is 2. The van der Waals surface area contributed by atoms with Gasteiger partial charge >= 0.3 is 6.03 Å². The largest absolute Gasteiger partial charge is 0.491 e. The maximum Gasteiger partial charge on any atom is 0.325 e. The number of carbonyl (C=O) groups excluding carboxylic acids is 2. The summed E-state index contributed by atoms with van der Waals surface area (Å²) in [5.74, 6) is 0.241. The van der Waals surface area contributed by atoms with Gasteiger partial charge in [0.1, 0.15) is 24.0 Å². The molecule has 0 saturated carbocycles. The molecular formula is C23H28N2O4. The van der Waals surface area contributed by atoms with E-state index in [4.69, 9.17) is 4.74 Å². The van der Waals surface area contributed by atoms with E-state index in [0.29, 0.717) is 11.3 Å². The van der Waals surface area contributed by atoms with E-state index in [0.717, 1.165) is 4.90 Å². The molecule has 1 fully saturated rings. The number of ether oxygens (including phenoxy) is 1. The Morgan fingerprint density at radius 3 is 2.28 bits per heavy atom. The second-order valence-electron chi connectivity index (χ2n) is 8.58. The van der Waals surface area contributed by atoms with Crippen molar-refractivity contribution in [2.75, 3.05) is 13.2 Å². The van der Waals surface area contributed by atoms with Crippen LogP contribution in [-0.4, -0.2) is 41.2 Å². The van der Waals surface area contributed by atoms with Gasteiger partial charge in [-0.3, -0.25) is 9.69 Å². The zero-order valence-electron chi connectivity index (χ0n) is 17.3. The Balaban J connectivity index is 1.60. The number of nitrogens with zero attached hydrogens (tertiary/aromatic N) is 1. The second kappa shape index (κ2) is 7.87. The summed E-state index contributed by atoms with van der Waals surface area (Å²) < 4.78 is 5.63. The van der Waals surface area contributed by atoms with Crippen LogP contribution in [0.25, 0.3) is 0 Å². The lowest BCUT2D eigenvalue weighted by molar-refractivity contribution is -0.132. The van der Waals surface area contributed by atoms with Gasteiger partial charge in [-0.05, 0) is 35.6 Å². The maximum absolute atomic E-state index is 12.9. The third-order valence-electron chi connectivity index (χ3n) is 5.18. The van der Waals surface area contributed by atoms with Gasteiger partial charge in [0.25, 0.3) is 5.91 Å². The third kappa shape index (κ3) is 4.43. The highest BCUT2D eigenvalue weighted by atomic mass is 16.5. The van der Waals surface area contributed by atoms with E-state index >= 15 is 0 Å². The lowest BCUT2D eigenvalue weighted by Crippen LogP contribution is -2.42. The molecule has 3 rings (SSSR count). The van der Waals surface area contributed by atoms with Crippen LogP contribution in [0.3, 0.4) is 0 Å². The minimum Gasteiger partial charge on any atom is -0.491 e. The van der Waals surface area contributed by atoms with Crippen molar-refractivity contribution in [3.8, 4) is 5.75 Å². The number of carbonyl (C=O) groups is 2. The fraction of sp³-hybridized carbons (Fsp3) is 0.391.